The summed E-state index contributed by atoms with van der Waals surface area (Å²) in [5.74, 6) is 0.511. The summed E-state index contributed by atoms with van der Waals surface area (Å²) >= 11 is 0. The van der Waals surface area contributed by atoms with Crippen LogP contribution >= 0.6 is 0 Å². The van der Waals surface area contributed by atoms with Gasteiger partial charge in [-0.05, 0) is 12.0 Å². The van der Waals surface area contributed by atoms with Crippen LogP contribution < -0.4 is 0 Å². The number of benzene rings is 1. The Kier molecular flexibility index (Phi) is 3.37. The van der Waals surface area contributed by atoms with Gasteiger partial charge in [-0.25, -0.2) is 0 Å². The first-order valence-corrected chi connectivity index (χ1v) is 8.60. The Morgan fingerprint density at radius 2 is 1.92 bits per heavy atom. The Balaban J connectivity index is 1.99. The molecule has 0 radical (unpaired) electrons. The molecule has 4 nitrogen and oxygen atoms in total. The number of carbonyl (C=O) groups is 2. The molecule has 2 atom stereocenters. The molecule has 1 aliphatic carbocycles. The quantitative estimate of drug-likeness (QED) is 0.808. The Bertz CT molecular complexity index is 890. The van der Waals surface area contributed by atoms with Gasteiger partial charge in [0, 0.05) is 55.7 Å². The van der Waals surface area contributed by atoms with E-state index >= 15 is 0 Å². The van der Waals surface area contributed by atoms with E-state index in [9.17, 15) is 9.59 Å². The molecule has 1 aromatic heterocycles. The molecule has 0 saturated carbocycles. The fourth-order valence-electron chi connectivity index (χ4n) is 4.44. The molecule has 4 rings (SSSR count). The molecule has 2 aliphatic rings. The molecule has 124 valence electrons. The van der Waals surface area contributed by atoms with Crippen molar-refractivity contribution in [2.45, 2.75) is 19.8 Å². The van der Waals surface area contributed by atoms with Gasteiger partial charge in [0.2, 0.25) is 0 Å². The lowest BCUT2D eigenvalue weighted by molar-refractivity contribution is 0.0933. The Morgan fingerprint density at radius 3 is 2.67 bits per heavy atom. The lowest BCUT2D eigenvalue weighted by atomic mass is 9.78. The van der Waals surface area contributed by atoms with Crippen molar-refractivity contribution in [3.8, 4) is 0 Å². The number of fused-ring (bicyclic) bond motifs is 4. The SMILES string of the molecule is CC[C@H]1CN(C)C=C2C(=O)c3c(n(C)c4ccccc34)C(=O)C[C@H]21. The number of rotatable bonds is 1. The van der Waals surface area contributed by atoms with E-state index in [4.69, 9.17) is 0 Å². The van der Waals surface area contributed by atoms with Gasteiger partial charge in [-0.2, -0.15) is 0 Å². The molecule has 2 heterocycles. The van der Waals surface area contributed by atoms with E-state index in [1.165, 1.54) is 0 Å². The summed E-state index contributed by atoms with van der Waals surface area (Å²) in [6.07, 6.45) is 3.37. The number of hydrogen-bond donors (Lipinski definition) is 0. The molecule has 0 saturated heterocycles. The minimum Gasteiger partial charge on any atom is -0.380 e. The number of allylic oxidation sites excluding steroid dienone is 1. The highest BCUT2D eigenvalue weighted by molar-refractivity contribution is 6.24. The van der Waals surface area contributed by atoms with Gasteiger partial charge in [0.15, 0.2) is 11.6 Å². The van der Waals surface area contributed by atoms with Crippen LogP contribution in [-0.4, -0.2) is 34.6 Å². The van der Waals surface area contributed by atoms with Crippen LogP contribution in [-0.2, 0) is 7.05 Å². The average Bonchev–Trinajstić information content (AvgIpc) is 2.82. The molecular weight excluding hydrogens is 300 g/mol. The van der Waals surface area contributed by atoms with Crippen LogP contribution in [0.1, 0.15) is 40.6 Å². The fraction of sp³-hybridized carbons (Fsp3) is 0.400. The predicted octanol–water partition coefficient (Wildman–Crippen LogP) is 3.42. The number of ketones is 2. The summed E-state index contributed by atoms with van der Waals surface area (Å²) < 4.78 is 1.90. The molecule has 2 aromatic rings. The smallest absolute Gasteiger partial charge is 0.193 e. The first-order valence-electron chi connectivity index (χ1n) is 8.60. The molecule has 0 bridgehead atoms. The minimum absolute atomic E-state index is 0.0302. The van der Waals surface area contributed by atoms with E-state index in [1.54, 1.807) is 0 Å². The number of carbonyl (C=O) groups excluding carboxylic acids is 2. The second-order valence-electron chi connectivity index (χ2n) is 7.06. The summed E-state index contributed by atoms with van der Waals surface area (Å²) in [4.78, 5) is 28.5. The molecule has 0 N–H and O–H groups in total. The molecule has 0 spiro atoms. The standard InChI is InChI=1S/C20H22N2O2/c1-4-12-10-21(2)11-15-14(12)9-17(23)19-18(20(15)24)13-7-5-6-8-16(13)22(19)3/h5-8,11-12,14H,4,9-10H2,1-3H3/t12-,14-/m0/s1. The zero-order valence-electron chi connectivity index (χ0n) is 14.4. The van der Waals surface area contributed by atoms with Crippen LogP contribution in [0.3, 0.4) is 0 Å². The number of nitrogens with zero attached hydrogens (tertiary/aromatic N) is 2. The van der Waals surface area contributed by atoms with Crippen molar-refractivity contribution in [2.75, 3.05) is 13.6 Å². The molecular formula is C20H22N2O2. The highest BCUT2D eigenvalue weighted by atomic mass is 16.1. The topological polar surface area (TPSA) is 42.3 Å². The van der Waals surface area contributed by atoms with Crippen molar-refractivity contribution in [2.24, 2.45) is 18.9 Å². The third-order valence-corrected chi connectivity index (χ3v) is 5.64. The van der Waals surface area contributed by atoms with Crippen molar-refractivity contribution in [3.63, 3.8) is 0 Å². The van der Waals surface area contributed by atoms with Gasteiger partial charge in [-0.15, -0.1) is 0 Å². The van der Waals surface area contributed by atoms with Gasteiger partial charge in [0.25, 0.3) is 0 Å². The number of para-hydroxylation sites is 1. The molecule has 1 aromatic carbocycles. The summed E-state index contributed by atoms with van der Waals surface area (Å²) in [6, 6.07) is 7.79. The monoisotopic (exact) mass is 322 g/mol. The molecule has 24 heavy (non-hydrogen) atoms. The summed E-state index contributed by atoms with van der Waals surface area (Å²) in [6.45, 7) is 3.05. The second-order valence-corrected chi connectivity index (χ2v) is 7.06. The highest BCUT2D eigenvalue weighted by Gasteiger charge is 2.40. The Labute approximate surface area is 141 Å². The molecule has 0 fully saturated rings. The zero-order valence-corrected chi connectivity index (χ0v) is 14.4. The highest BCUT2D eigenvalue weighted by Crippen LogP contribution is 2.40. The summed E-state index contributed by atoms with van der Waals surface area (Å²) in [5.41, 5.74) is 2.92. The maximum absolute atomic E-state index is 13.4. The molecule has 4 heteroatoms. The second kappa shape index (κ2) is 5.33. The third-order valence-electron chi connectivity index (χ3n) is 5.64. The lowest BCUT2D eigenvalue weighted by Crippen LogP contribution is -2.35. The van der Waals surface area contributed by atoms with E-state index in [1.807, 2.05) is 49.1 Å². The molecule has 1 aliphatic heterocycles. The van der Waals surface area contributed by atoms with Crippen LogP contribution in [0.25, 0.3) is 10.9 Å². The Morgan fingerprint density at radius 1 is 1.17 bits per heavy atom. The van der Waals surface area contributed by atoms with E-state index in [0.717, 1.165) is 29.4 Å². The van der Waals surface area contributed by atoms with Crippen LogP contribution in [0.4, 0.5) is 0 Å². The van der Waals surface area contributed by atoms with E-state index in [0.29, 0.717) is 23.6 Å². The largest absolute Gasteiger partial charge is 0.380 e. The first-order chi connectivity index (χ1) is 11.5. The van der Waals surface area contributed by atoms with Crippen molar-refractivity contribution in [3.05, 3.63) is 47.3 Å². The van der Waals surface area contributed by atoms with Crippen LogP contribution in [0.15, 0.2) is 36.0 Å². The number of aryl methyl sites for hydroxylation is 1. The van der Waals surface area contributed by atoms with Gasteiger partial charge in [0.05, 0.1) is 11.3 Å². The fourth-order valence-corrected chi connectivity index (χ4v) is 4.44. The van der Waals surface area contributed by atoms with Crippen LogP contribution in [0, 0.1) is 11.8 Å². The average molecular weight is 322 g/mol. The van der Waals surface area contributed by atoms with E-state index in [2.05, 4.69) is 11.8 Å². The van der Waals surface area contributed by atoms with Crippen molar-refractivity contribution < 1.29 is 9.59 Å². The van der Waals surface area contributed by atoms with E-state index < -0.39 is 0 Å². The maximum Gasteiger partial charge on any atom is 0.193 e. The van der Waals surface area contributed by atoms with Gasteiger partial charge < -0.3 is 9.47 Å². The van der Waals surface area contributed by atoms with Crippen molar-refractivity contribution >= 4 is 22.5 Å². The summed E-state index contributed by atoms with van der Waals surface area (Å²) in [5, 5.41) is 0.885. The van der Waals surface area contributed by atoms with Crippen LogP contribution in [0.2, 0.25) is 0 Å². The minimum atomic E-state index is 0.0302. The molecule has 0 unspecified atom stereocenters. The van der Waals surface area contributed by atoms with Gasteiger partial charge >= 0.3 is 0 Å². The lowest BCUT2D eigenvalue weighted by Gasteiger charge is -2.35. The number of Topliss-reactive ketones (excluding diaryl/α,β-unsaturated/α-hetero) is 2. The van der Waals surface area contributed by atoms with Gasteiger partial charge in [-0.3, -0.25) is 9.59 Å². The maximum atomic E-state index is 13.4. The van der Waals surface area contributed by atoms with Gasteiger partial charge in [-0.1, -0.05) is 31.5 Å². The first kappa shape index (κ1) is 15.2. The van der Waals surface area contributed by atoms with E-state index in [-0.39, 0.29) is 17.5 Å². The summed E-state index contributed by atoms with van der Waals surface area (Å²) in [7, 11) is 3.90. The van der Waals surface area contributed by atoms with Crippen LogP contribution in [0.5, 0.6) is 0 Å². The number of hydrogen-bond acceptors (Lipinski definition) is 3. The third kappa shape index (κ3) is 1.98. The predicted molar refractivity (Wildman–Crippen MR) is 94.2 cm³/mol. The Hall–Kier alpha value is -2.36. The van der Waals surface area contributed by atoms with Gasteiger partial charge in [0.1, 0.15) is 0 Å². The normalized spacial score (nSPS) is 23.8. The number of aromatic nitrogens is 1. The molecule has 0 amide bonds. The zero-order chi connectivity index (χ0) is 17.0. The van der Waals surface area contributed by atoms with Crippen molar-refractivity contribution in [1.82, 2.24) is 9.47 Å². The van der Waals surface area contributed by atoms with Crippen molar-refractivity contribution in [1.29, 1.82) is 0 Å².